The molecule has 0 radical (unpaired) electrons. The number of Topliss-reactive ketones (excluding diaryl/α,β-unsaturated/α-hetero) is 3. The molecule has 0 aromatic heterocycles. The number of carbonyl (C=O) groups is 7. The second-order valence-corrected chi connectivity index (χ2v) is 44.8. The summed E-state index contributed by atoms with van der Waals surface area (Å²) in [5, 5.41) is 30.4. The molecule has 40 nitrogen and oxygen atoms in total. The molecule has 862 valence electrons. The Morgan fingerprint density at radius 1 is 0.593 bits per heavy atom. The molecule has 1 unspecified atom stereocenters. The van der Waals surface area contributed by atoms with Gasteiger partial charge in [-0.2, -0.15) is 38.2 Å². The fourth-order valence-electron chi connectivity index (χ4n) is 11.7. The molecule has 3 aromatic carbocycles. The molecule has 3 fully saturated rings. The number of hydrogen-bond donors (Lipinski definition) is 5. The van der Waals surface area contributed by atoms with Crippen molar-refractivity contribution in [2.24, 2.45) is 23.1 Å². The van der Waals surface area contributed by atoms with Gasteiger partial charge in [-0.15, -0.1) is 34.9 Å². The SMILES string of the molecule is CC.CC.CC.CC(=O)[O-].CCCC[C@@H](C)C(C)=O.CCCC[C@@](C)(C(C)=O)C(=O)OCC.CCCC[C@@]1(C)C(C)=[N+](CCCS(=O)(=O)[O-])c2ccc(S(=O)(=O)[O-])cc21.CCCC[C@@]1(C)C(C)=[NH+]c2ccc(S(=O)(=O)[O-])cc21.CCOC(=O)C(C)C(C)=O.CCOC(=O)CCCCCBr.CC[O-].I.NNc1ccc(SOOO)cc1.O=S(=O)(O)CCBr.O=S1(=O)CCCCO1.O=S1(=O)CCCO1.O=S1(=O)CCCO1.[Br-].[CH3-].[Na+].[Na+].[Na+].[Na+]. The number of nitrogens with one attached hydrogen (secondary N) is 2. The van der Waals surface area contributed by atoms with Crippen LogP contribution in [0.25, 0.3) is 0 Å². The Morgan fingerprint density at radius 2 is 1.01 bits per heavy atom. The number of esters is 3. The Kier molecular flexibility index (Phi) is 126. The summed E-state index contributed by atoms with van der Waals surface area (Å²) in [7, 11) is -26.1. The average molecular weight is 2650 g/mol. The number of hydrogen-bond acceptors (Lipinski definition) is 38. The number of ketones is 3. The van der Waals surface area contributed by atoms with Crippen molar-refractivity contribution in [3.8, 4) is 0 Å². The molecule has 56 heteroatoms. The number of nitrogens with two attached hydrogens (primary N) is 1. The molecule has 0 amide bonds. The summed E-state index contributed by atoms with van der Waals surface area (Å²) in [5.74, 6) is 2.84. The number of carboxylic acid groups (broad SMARTS) is 1. The molecule has 0 spiro atoms. The standard InChI is InChI=1S/C17H25NO6S2.C14H19NO3S.C11H20O3.C8H15BrO2.C8H16O.C7H12O3.C6H8N2O3S.C4H8O3S.2C3H6O3S.C2H5BrO3S.C2H4O2.C2H5O.3C2H6.CH3.BrH.HI.4Na/c1-4-5-9-17(3)13(2)18(10-6-11-25(19,20)21)16-8-7-14(12-15(16)17)26(22,23)24;1-4-5-8-14(3)10(2)15-13-7-6-11(9-12(13)14)19(16,17)18;1-5-7-8-11(4,9(3)12)10(13)14-6-2;1-2-11-8(10)6-4-3-5-7-9;1-4-5-6-7(2)8(3)9;1-4-10-7(9)5(2)6(3)8;7-8-5-1-3-6(4-2-5)12-11-10-9;5-8(6)4-2-1-3-7-8;2*4-7(5)3-1-2-6-7;3-1-2-7(4,5)6;1-2(3)4;1-2-3;3*1-2;;;;;;;/h7-8,12H,4-6,9-11H2,1-3H3,(H-,19,20,21,22,23,24);6-7,9H,4-5,8H2,1-3H3,(H,16,17,18);5-8H2,1-4H3;2-7H2,1H3;7H,4-6H2,1-3H3;5H,4H2,1-3H3;1-4,8-9H,7H2;1-4H2;2*1-3H2;1-2H2,(H,4,5,6);1H3,(H,3,4);2H2,1H3;3*1-2H3;1H3;2*1H;;;;/q;;;;;;;;;;;;-1;;;;-1;;;4*+1/p-3/t17-;14-;11-;;7-;;;;;;;;;;;;;;;;;;/m000.1................../s1. The summed E-state index contributed by atoms with van der Waals surface area (Å²) < 4.78 is 223. The average Bonchev–Trinajstić information content (AvgIpc) is 1.58. The van der Waals surface area contributed by atoms with E-state index in [1.807, 2.05) is 87.7 Å². The number of fused-ring (bicyclic) bond motifs is 2. The summed E-state index contributed by atoms with van der Waals surface area (Å²) >= 11 is 7.08. The van der Waals surface area contributed by atoms with Crippen molar-refractivity contribution in [1.29, 1.82) is 0 Å². The third-order valence-corrected chi connectivity index (χ3v) is 29.4. The zero-order chi connectivity index (χ0) is 113. The van der Waals surface area contributed by atoms with E-state index in [4.69, 9.17) is 40.1 Å². The molecule has 3 saturated heterocycles. The zero-order valence-electron chi connectivity index (χ0n) is 94.0. The normalized spacial score (nSPS) is 15.9. The number of ether oxygens (including phenoxy) is 3. The summed E-state index contributed by atoms with van der Waals surface area (Å²) in [5.41, 5.74) is 7.10. The molecule has 3 aromatic rings. The summed E-state index contributed by atoms with van der Waals surface area (Å²) in [4.78, 5) is 78.2. The van der Waals surface area contributed by atoms with E-state index in [1.54, 1.807) is 77.9 Å². The fraction of sp³-hybridized carbons (Fsp3) is 0.702. The van der Waals surface area contributed by atoms with Crippen LogP contribution in [0.15, 0.2) is 75.4 Å². The number of alkyl halides is 2. The van der Waals surface area contributed by atoms with Crippen LogP contribution in [-0.2, 0) is 151 Å². The number of carboxylic acids is 1. The molecule has 0 aliphatic carbocycles. The van der Waals surface area contributed by atoms with E-state index >= 15 is 0 Å². The molecule has 5 aliphatic heterocycles. The number of hydrazine groups is 1. The van der Waals surface area contributed by atoms with Gasteiger partial charge in [0, 0.05) is 88.8 Å². The summed E-state index contributed by atoms with van der Waals surface area (Å²) in [6.45, 7) is 48.6. The van der Waals surface area contributed by atoms with E-state index in [2.05, 4.69) is 96.6 Å². The van der Waals surface area contributed by atoms with Gasteiger partial charge in [0.1, 0.15) is 55.5 Å². The first-order valence-corrected chi connectivity index (χ1v) is 61.2. The first-order valence-electron chi connectivity index (χ1n) is 47.5. The van der Waals surface area contributed by atoms with Crippen molar-refractivity contribution >= 4 is 208 Å². The summed E-state index contributed by atoms with van der Waals surface area (Å²) in [6.07, 6.45) is 18.5. The number of nitrogen functional groups attached to an aromatic ring is 1. The molecule has 150 heavy (non-hydrogen) atoms. The van der Waals surface area contributed by atoms with E-state index in [0.29, 0.717) is 77.7 Å². The van der Waals surface area contributed by atoms with E-state index < -0.39 is 105 Å². The second kappa shape index (κ2) is 104. The minimum atomic E-state index is -4.56. The number of anilines is 1. The van der Waals surface area contributed by atoms with Crippen molar-refractivity contribution < 1.29 is 307 Å². The monoisotopic (exact) mass is 2640 g/mol. The molecule has 5 atom stereocenters. The van der Waals surface area contributed by atoms with Gasteiger partial charge in [0.25, 0.3) is 40.5 Å². The van der Waals surface area contributed by atoms with Crippen LogP contribution in [-0.4, -0.2) is 232 Å². The van der Waals surface area contributed by atoms with Gasteiger partial charge in [0.15, 0.2) is 11.4 Å². The second-order valence-electron chi connectivity index (χ2n) is 31.3. The minimum Gasteiger partial charge on any atom is -1.00 e. The van der Waals surface area contributed by atoms with Crippen LogP contribution in [0.5, 0.6) is 0 Å². The molecule has 5 heterocycles. The van der Waals surface area contributed by atoms with Gasteiger partial charge >= 0.3 is 136 Å². The van der Waals surface area contributed by atoms with Gasteiger partial charge < -0.3 is 72.7 Å². The molecular formula is C94H169Br3IN4Na4O36S8-. The maximum absolute atomic E-state index is 11.6. The van der Waals surface area contributed by atoms with Crippen molar-refractivity contribution in [1.82, 2.24) is 0 Å². The van der Waals surface area contributed by atoms with Crippen LogP contribution in [0, 0.1) is 24.7 Å². The number of aliphatic carboxylic acids is 1. The van der Waals surface area contributed by atoms with Crippen molar-refractivity contribution in [3.05, 3.63) is 79.2 Å². The number of rotatable bonds is 37. The van der Waals surface area contributed by atoms with E-state index in [9.17, 15) is 101 Å². The predicted molar refractivity (Wildman–Crippen MR) is 578 cm³/mol. The molecular weight excluding hydrogens is 2480 g/mol. The van der Waals surface area contributed by atoms with Gasteiger partial charge in [-0.25, -0.2) is 35.5 Å². The number of unbranched alkanes of at least 4 members (excludes halogenated alkanes) is 6. The van der Waals surface area contributed by atoms with E-state index in [1.165, 1.54) is 51.0 Å². The first-order chi connectivity index (χ1) is 66.4. The van der Waals surface area contributed by atoms with Gasteiger partial charge in [-0.3, -0.25) is 51.7 Å². The maximum atomic E-state index is 11.6. The number of carbonyl (C=O) groups excluding carboxylic acids is 7. The van der Waals surface area contributed by atoms with Crippen molar-refractivity contribution in [3.63, 3.8) is 0 Å². The van der Waals surface area contributed by atoms with Crippen LogP contribution in [0.1, 0.15) is 319 Å². The first kappa shape index (κ1) is 182. The third kappa shape index (κ3) is 90.9. The van der Waals surface area contributed by atoms with Crippen molar-refractivity contribution in [2.45, 2.75) is 333 Å². The van der Waals surface area contributed by atoms with E-state index in [0.717, 1.165) is 159 Å². The van der Waals surface area contributed by atoms with Gasteiger partial charge in [-0.05, 0) is 189 Å². The number of benzene rings is 3. The predicted octanol–water partition coefficient (Wildman–Crippen LogP) is -0.107. The van der Waals surface area contributed by atoms with Crippen LogP contribution < -0.4 is 162 Å². The smallest absolute Gasteiger partial charge is 1.00 e. The molecule has 0 bridgehead atoms. The van der Waals surface area contributed by atoms with Crippen LogP contribution in [0.2, 0.25) is 0 Å². The Hall–Kier alpha value is -0.620. The van der Waals surface area contributed by atoms with Crippen LogP contribution >= 0.6 is 67.9 Å². The van der Waals surface area contributed by atoms with Gasteiger partial charge in [0.05, 0.1) is 105 Å². The Balaban J connectivity index is -0.000000103. The molecule has 5 aliphatic rings. The Labute approximate surface area is 1040 Å². The maximum Gasteiger partial charge on any atom is 1.00 e. The van der Waals surface area contributed by atoms with Gasteiger partial charge in [-0.1, -0.05) is 178 Å². The Bertz CT molecular complexity index is 4940. The molecule has 8 rings (SSSR count). The van der Waals surface area contributed by atoms with Crippen molar-refractivity contribution in [2.75, 3.05) is 97.6 Å². The number of halogens is 4. The zero-order valence-corrected chi connectivity index (χ0v) is 116. The topological polar surface area (TPSA) is 643 Å². The van der Waals surface area contributed by atoms with Crippen LogP contribution in [0.4, 0.5) is 17.1 Å². The van der Waals surface area contributed by atoms with Gasteiger partial charge in [0.2, 0.25) is 11.4 Å². The molecule has 6 N–H and O–H groups in total. The number of nitrogens with zero attached hydrogens (tertiary/aromatic N) is 1. The quantitative estimate of drug-likeness (QED) is 0.00398. The largest absolute Gasteiger partial charge is 1.00 e. The fourth-order valence-corrected chi connectivity index (χ4v) is 18.3. The van der Waals surface area contributed by atoms with Crippen LogP contribution in [0.3, 0.4) is 0 Å². The van der Waals surface area contributed by atoms with E-state index in [-0.39, 0.29) is 253 Å². The third-order valence-electron chi connectivity index (χ3n) is 20.2. The summed E-state index contributed by atoms with van der Waals surface area (Å²) in [6, 6.07) is 15.9. The molecule has 0 saturated carbocycles. The Morgan fingerprint density at radius 3 is 1.34 bits per heavy atom. The minimum absolute atomic E-state index is 0.